The van der Waals surface area contributed by atoms with Crippen LogP contribution >= 0.6 is 0 Å². The minimum Gasteiger partial charge on any atom is -0.456 e. The van der Waals surface area contributed by atoms with Crippen molar-refractivity contribution in [2.24, 2.45) is 4.99 Å². The molecule has 0 radical (unpaired) electrons. The Bertz CT molecular complexity index is 3260. The Labute approximate surface area is 311 Å². The van der Waals surface area contributed by atoms with Crippen molar-refractivity contribution in [3.63, 3.8) is 0 Å². The van der Waals surface area contributed by atoms with E-state index in [0.29, 0.717) is 0 Å². The van der Waals surface area contributed by atoms with E-state index in [1.54, 1.807) is 0 Å². The van der Waals surface area contributed by atoms with E-state index in [1.807, 2.05) is 24.3 Å². The zero-order chi connectivity index (χ0) is 35.8. The van der Waals surface area contributed by atoms with Crippen molar-refractivity contribution in [2.75, 3.05) is 0 Å². The molecule has 1 atom stereocenters. The Kier molecular flexibility index (Phi) is 6.75. The normalized spacial score (nSPS) is 14.8. The molecule has 2 aromatic heterocycles. The second-order valence-corrected chi connectivity index (χ2v) is 14.1. The van der Waals surface area contributed by atoms with Gasteiger partial charge in [-0.15, -0.1) is 0 Å². The van der Waals surface area contributed by atoms with Crippen LogP contribution in [0, 0.1) is 0 Å². The van der Waals surface area contributed by atoms with Gasteiger partial charge in [-0.05, 0) is 105 Å². The van der Waals surface area contributed by atoms with E-state index in [4.69, 9.17) is 13.8 Å². The molecule has 10 aromatic rings. The molecule has 0 bridgehead atoms. The zero-order valence-corrected chi connectivity index (χ0v) is 29.4. The van der Waals surface area contributed by atoms with Gasteiger partial charge in [-0.2, -0.15) is 0 Å². The smallest absolute Gasteiger partial charge is 0.136 e. The monoisotopic (exact) mass is 692 g/mol. The molecule has 0 saturated heterocycles. The Morgan fingerprint density at radius 2 is 1.13 bits per heavy atom. The molecule has 1 N–H and O–H groups in total. The van der Waals surface area contributed by atoms with E-state index < -0.39 is 0 Å². The summed E-state index contributed by atoms with van der Waals surface area (Å²) < 4.78 is 12.7. The number of hydrogen-bond donors (Lipinski definition) is 1. The summed E-state index contributed by atoms with van der Waals surface area (Å²) in [6.07, 6.45) is 0. The molecule has 3 heterocycles. The second kappa shape index (κ2) is 12.0. The molecule has 0 saturated carbocycles. The molecule has 0 amide bonds. The van der Waals surface area contributed by atoms with Gasteiger partial charge >= 0.3 is 0 Å². The van der Waals surface area contributed by atoms with E-state index in [1.165, 1.54) is 21.5 Å². The number of amidine groups is 1. The first kappa shape index (κ1) is 30.5. The lowest BCUT2D eigenvalue weighted by molar-refractivity contribution is 0.668. The topological polar surface area (TPSA) is 50.7 Å². The average molecular weight is 693 g/mol. The second-order valence-electron chi connectivity index (χ2n) is 14.1. The van der Waals surface area contributed by atoms with Crippen LogP contribution in [0.3, 0.4) is 0 Å². The van der Waals surface area contributed by atoms with Crippen LogP contribution in [0.2, 0.25) is 0 Å². The summed E-state index contributed by atoms with van der Waals surface area (Å²) in [5, 5.41) is 12.9. The molecule has 8 aromatic carbocycles. The van der Waals surface area contributed by atoms with Crippen molar-refractivity contribution in [1.29, 1.82) is 0 Å². The highest BCUT2D eigenvalue weighted by atomic mass is 16.3. The first-order chi connectivity index (χ1) is 26.6. The van der Waals surface area contributed by atoms with Crippen LogP contribution < -0.4 is 5.32 Å². The van der Waals surface area contributed by atoms with Gasteiger partial charge in [-0.25, -0.2) is 4.99 Å². The van der Waals surface area contributed by atoms with Crippen molar-refractivity contribution in [1.82, 2.24) is 5.32 Å². The van der Waals surface area contributed by atoms with Crippen molar-refractivity contribution in [3.8, 4) is 11.1 Å². The minimum atomic E-state index is -0.188. The van der Waals surface area contributed by atoms with Crippen LogP contribution in [-0.2, 0) is 0 Å². The van der Waals surface area contributed by atoms with Crippen LogP contribution in [0.25, 0.3) is 82.2 Å². The SMILES string of the molecule is CC1=C=C(c2c(-c3ccc4ccccc4c3)ccc3oc4ccccc4c23)N=C(c2ccc3oc4ccccc4c3c2)NC1c1ccc2ccccc2c1. The summed E-state index contributed by atoms with van der Waals surface area (Å²) in [7, 11) is 0. The largest absolute Gasteiger partial charge is 0.456 e. The third-order valence-electron chi connectivity index (χ3n) is 10.9. The number of benzene rings is 8. The summed E-state index contributed by atoms with van der Waals surface area (Å²) in [5.74, 6) is 0.758. The Morgan fingerprint density at radius 3 is 1.94 bits per heavy atom. The summed E-state index contributed by atoms with van der Waals surface area (Å²) in [5.41, 5.74) is 14.3. The first-order valence-corrected chi connectivity index (χ1v) is 18.3. The van der Waals surface area contributed by atoms with Crippen LogP contribution in [0.4, 0.5) is 0 Å². The maximum atomic E-state index is 6.50. The quantitative estimate of drug-likeness (QED) is 0.187. The predicted octanol–water partition coefficient (Wildman–Crippen LogP) is 13.1. The molecule has 0 aliphatic carbocycles. The van der Waals surface area contributed by atoms with E-state index in [2.05, 4.69) is 157 Å². The Hall–Kier alpha value is -7.13. The maximum absolute atomic E-state index is 6.50. The molecule has 1 aliphatic heterocycles. The van der Waals surface area contributed by atoms with Gasteiger partial charge in [0.05, 0.1) is 6.04 Å². The summed E-state index contributed by atoms with van der Waals surface area (Å²) in [6, 6.07) is 57.3. The summed E-state index contributed by atoms with van der Waals surface area (Å²) >= 11 is 0. The highest BCUT2D eigenvalue weighted by Crippen LogP contribution is 2.43. The lowest BCUT2D eigenvalue weighted by Gasteiger charge is -2.21. The minimum absolute atomic E-state index is 0.188. The molecule has 54 heavy (non-hydrogen) atoms. The van der Waals surface area contributed by atoms with Gasteiger partial charge in [0.1, 0.15) is 33.9 Å². The molecule has 4 heteroatoms. The molecular formula is C50H32N2O2. The highest BCUT2D eigenvalue weighted by molar-refractivity contribution is 6.15. The third-order valence-corrected chi connectivity index (χ3v) is 10.9. The van der Waals surface area contributed by atoms with Gasteiger partial charge in [0.2, 0.25) is 0 Å². The number of fused-ring (bicyclic) bond motifs is 8. The fourth-order valence-corrected chi connectivity index (χ4v) is 8.20. The molecule has 1 unspecified atom stereocenters. The lowest BCUT2D eigenvalue weighted by Crippen LogP contribution is -2.29. The van der Waals surface area contributed by atoms with Crippen LogP contribution in [0.15, 0.2) is 189 Å². The Balaban J connectivity index is 1.21. The van der Waals surface area contributed by atoms with Gasteiger partial charge in [0.25, 0.3) is 0 Å². The standard InChI is InChI=1S/C50H32N2O2/c1-30-26-42(47-38(35-20-18-31-10-2-4-12-33(31)27-35)23-25-46-48(47)40-15-7-9-17-44(40)54-46)51-50(52-49(30)36-21-19-32-11-3-5-13-34(32)28-36)37-22-24-45-41(29-37)39-14-6-8-16-43(39)53-45/h2-25,27-29,49H,1H3,(H,51,52). The first-order valence-electron chi connectivity index (χ1n) is 18.3. The average Bonchev–Trinajstić information content (AvgIpc) is 3.73. The number of nitrogens with one attached hydrogen (secondary N) is 1. The molecule has 0 fully saturated rings. The van der Waals surface area contributed by atoms with Crippen LogP contribution in [0.1, 0.15) is 29.7 Å². The van der Waals surface area contributed by atoms with Crippen molar-refractivity contribution in [3.05, 3.63) is 192 Å². The van der Waals surface area contributed by atoms with Crippen LogP contribution in [-0.4, -0.2) is 5.84 Å². The molecule has 0 spiro atoms. The van der Waals surface area contributed by atoms with Gasteiger partial charge in [-0.1, -0.05) is 115 Å². The number of furan rings is 2. The molecule has 11 rings (SSSR count). The third kappa shape index (κ3) is 4.89. The number of para-hydroxylation sites is 2. The molecule has 254 valence electrons. The van der Waals surface area contributed by atoms with E-state index >= 15 is 0 Å². The van der Waals surface area contributed by atoms with Gasteiger partial charge < -0.3 is 14.2 Å². The van der Waals surface area contributed by atoms with E-state index in [0.717, 1.165) is 88.8 Å². The number of rotatable bonds is 4. The van der Waals surface area contributed by atoms with Crippen molar-refractivity contribution < 1.29 is 8.83 Å². The highest BCUT2D eigenvalue weighted by Gasteiger charge is 2.25. The lowest BCUT2D eigenvalue weighted by atomic mass is 9.91. The van der Waals surface area contributed by atoms with E-state index in [9.17, 15) is 0 Å². The van der Waals surface area contributed by atoms with Crippen molar-refractivity contribution >= 4 is 77.0 Å². The van der Waals surface area contributed by atoms with Gasteiger partial charge in [0, 0.05) is 32.7 Å². The molecular weight excluding hydrogens is 661 g/mol. The Morgan fingerprint density at radius 1 is 0.519 bits per heavy atom. The van der Waals surface area contributed by atoms with Crippen LogP contribution in [0.5, 0.6) is 0 Å². The van der Waals surface area contributed by atoms with Gasteiger partial charge in [0.15, 0.2) is 0 Å². The zero-order valence-electron chi connectivity index (χ0n) is 29.4. The van der Waals surface area contributed by atoms with Gasteiger partial charge in [-0.3, -0.25) is 0 Å². The fraction of sp³-hybridized carbons (Fsp3) is 0.0400. The predicted molar refractivity (Wildman–Crippen MR) is 223 cm³/mol. The number of hydrogen-bond acceptors (Lipinski definition) is 4. The summed E-state index contributed by atoms with van der Waals surface area (Å²) in [6.45, 7) is 2.15. The number of aliphatic imine (C=N–C) groups is 1. The summed E-state index contributed by atoms with van der Waals surface area (Å²) in [4.78, 5) is 5.58. The molecule has 1 aliphatic rings. The van der Waals surface area contributed by atoms with Crippen molar-refractivity contribution in [2.45, 2.75) is 13.0 Å². The molecule has 4 nitrogen and oxygen atoms in total. The maximum Gasteiger partial charge on any atom is 0.136 e. The fourth-order valence-electron chi connectivity index (χ4n) is 8.20. The van der Waals surface area contributed by atoms with E-state index in [-0.39, 0.29) is 6.04 Å². The number of nitrogens with zero attached hydrogens (tertiary/aromatic N) is 1.